The van der Waals surface area contributed by atoms with Crippen molar-refractivity contribution in [3.8, 4) is 0 Å². The summed E-state index contributed by atoms with van der Waals surface area (Å²) in [5, 5.41) is 3.98. The van der Waals surface area contributed by atoms with Gasteiger partial charge in [-0.3, -0.25) is 4.79 Å². The van der Waals surface area contributed by atoms with Crippen LogP contribution >= 0.6 is 0 Å². The fourth-order valence-corrected chi connectivity index (χ4v) is 3.91. The number of carbonyl (C=O) groups excluding carboxylic acids is 1. The number of amides is 1. The number of fused-ring (bicyclic) bond motifs is 1. The molecule has 0 spiro atoms. The van der Waals surface area contributed by atoms with E-state index in [-0.39, 0.29) is 10.8 Å². The molecule has 2 rings (SSSR count). The van der Waals surface area contributed by atoms with Crippen molar-refractivity contribution in [2.45, 2.75) is 38.1 Å². The molecule has 2 aromatic rings. The van der Waals surface area contributed by atoms with E-state index >= 15 is 0 Å². The maximum Gasteiger partial charge on any atom is 0.241 e. The Morgan fingerprint density at radius 2 is 1.59 bits per heavy atom. The van der Waals surface area contributed by atoms with Crippen LogP contribution in [-0.2, 0) is 14.8 Å². The van der Waals surface area contributed by atoms with Gasteiger partial charge in [0.25, 0.3) is 0 Å². The molecule has 118 valence electrons. The molecule has 0 aliphatic rings. The molecule has 0 radical (unpaired) electrons. The predicted molar refractivity (Wildman–Crippen MR) is 88.3 cm³/mol. The number of hydrogen-bond donors (Lipinski definition) is 2. The van der Waals surface area contributed by atoms with Crippen LogP contribution in [0.25, 0.3) is 10.8 Å². The number of anilines is 1. The van der Waals surface area contributed by atoms with Crippen molar-refractivity contribution in [1.29, 1.82) is 0 Å². The first-order valence-electron chi connectivity index (χ1n) is 6.93. The van der Waals surface area contributed by atoms with Crippen LogP contribution in [0.5, 0.6) is 0 Å². The molecule has 1 amide bonds. The Balaban J connectivity index is 2.64. The van der Waals surface area contributed by atoms with Crippen molar-refractivity contribution in [3.05, 3.63) is 36.4 Å². The maximum atomic E-state index is 12.6. The molecule has 0 aliphatic heterocycles. The standard InChI is InChI=1S/C16H20N2O3S/c1-11(19)17-14-9-5-8-13-12(14)7-6-10-15(13)22(20,21)18-16(2,3)4/h5-10,18H,1-4H3,(H,17,19). The van der Waals surface area contributed by atoms with Crippen LogP contribution in [0.15, 0.2) is 41.3 Å². The quantitative estimate of drug-likeness (QED) is 0.913. The highest BCUT2D eigenvalue weighted by Crippen LogP contribution is 2.29. The topological polar surface area (TPSA) is 75.3 Å². The fourth-order valence-electron chi connectivity index (χ4n) is 2.27. The second-order valence-corrected chi connectivity index (χ2v) is 7.84. The third-order valence-corrected chi connectivity index (χ3v) is 4.74. The second-order valence-electron chi connectivity index (χ2n) is 6.19. The highest BCUT2D eigenvalue weighted by molar-refractivity contribution is 7.89. The van der Waals surface area contributed by atoms with Crippen LogP contribution in [0.1, 0.15) is 27.7 Å². The Hall–Kier alpha value is -1.92. The van der Waals surface area contributed by atoms with Crippen LogP contribution in [0.2, 0.25) is 0 Å². The van der Waals surface area contributed by atoms with E-state index in [1.807, 2.05) is 0 Å². The summed E-state index contributed by atoms with van der Waals surface area (Å²) in [6.45, 7) is 6.79. The lowest BCUT2D eigenvalue weighted by Crippen LogP contribution is -2.40. The van der Waals surface area contributed by atoms with Crippen LogP contribution in [0, 0.1) is 0 Å². The molecular weight excluding hydrogens is 300 g/mol. The van der Waals surface area contributed by atoms with Gasteiger partial charge in [0.2, 0.25) is 15.9 Å². The maximum absolute atomic E-state index is 12.6. The summed E-state index contributed by atoms with van der Waals surface area (Å²) >= 11 is 0. The molecule has 0 aromatic heterocycles. The molecule has 0 saturated heterocycles. The number of carbonyl (C=O) groups is 1. The average molecular weight is 320 g/mol. The monoisotopic (exact) mass is 320 g/mol. The van der Waals surface area contributed by atoms with Gasteiger partial charge in [-0.15, -0.1) is 0 Å². The zero-order chi connectivity index (χ0) is 16.5. The highest BCUT2D eigenvalue weighted by Gasteiger charge is 2.24. The molecule has 0 bridgehead atoms. The molecule has 5 nitrogen and oxygen atoms in total. The van der Waals surface area contributed by atoms with Gasteiger partial charge in [-0.25, -0.2) is 13.1 Å². The predicted octanol–water partition coefficient (Wildman–Crippen LogP) is 2.88. The Bertz CT molecular complexity index is 821. The van der Waals surface area contributed by atoms with Gasteiger partial charge in [0.1, 0.15) is 0 Å². The van der Waals surface area contributed by atoms with Crippen molar-refractivity contribution in [2.75, 3.05) is 5.32 Å². The number of rotatable bonds is 3. The minimum atomic E-state index is -3.65. The molecule has 6 heteroatoms. The minimum absolute atomic E-state index is 0.200. The van der Waals surface area contributed by atoms with Gasteiger partial charge in [-0.1, -0.05) is 24.3 Å². The Kier molecular flexibility index (Phi) is 4.26. The van der Waals surface area contributed by atoms with Crippen LogP contribution < -0.4 is 10.0 Å². The first kappa shape index (κ1) is 16.5. The van der Waals surface area contributed by atoms with E-state index in [1.54, 1.807) is 57.2 Å². The van der Waals surface area contributed by atoms with E-state index in [4.69, 9.17) is 0 Å². The summed E-state index contributed by atoms with van der Waals surface area (Å²) in [4.78, 5) is 11.5. The summed E-state index contributed by atoms with van der Waals surface area (Å²) in [5.74, 6) is -0.200. The Morgan fingerprint density at radius 1 is 1.00 bits per heavy atom. The van der Waals surface area contributed by atoms with Crippen LogP contribution in [0.4, 0.5) is 5.69 Å². The smallest absolute Gasteiger partial charge is 0.241 e. The van der Waals surface area contributed by atoms with Gasteiger partial charge in [-0.05, 0) is 32.9 Å². The first-order valence-corrected chi connectivity index (χ1v) is 8.42. The van der Waals surface area contributed by atoms with E-state index in [1.165, 1.54) is 6.92 Å². The number of nitrogens with one attached hydrogen (secondary N) is 2. The Labute approximate surface area is 130 Å². The van der Waals surface area contributed by atoms with Crippen LogP contribution in [-0.4, -0.2) is 19.9 Å². The van der Waals surface area contributed by atoms with Gasteiger partial charge in [0.15, 0.2) is 0 Å². The SMILES string of the molecule is CC(=O)Nc1cccc2c(S(=O)(=O)NC(C)(C)C)cccc12. The normalized spacial score (nSPS) is 12.4. The largest absolute Gasteiger partial charge is 0.326 e. The van der Waals surface area contributed by atoms with Gasteiger partial charge in [0, 0.05) is 28.9 Å². The summed E-state index contributed by atoms with van der Waals surface area (Å²) in [6, 6.07) is 10.2. The molecule has 0 fully saturated rings. The molecule has 0 unspecified atom stereocenters. The van der Waals surface area contributed by atoms with Gasteiger partial charge >= 0.3 is 0 Å². The number of benzene rings is 2. The first-order chi connectivity index (χ1) is 10.1. The van der Waals surface area contributed by atoms with Crippen molar-refractivity contribution in [2.24, 2.45) is 0 Å². The molecule has 0 heterocycles. The van der Waals surface area contributed by atoms with Gasteiger partial charge in [0.05, 0.1) is 4.90 Å². The molecule has 2 N–H and O–H groups in total. The molecule has 2 aromatic carbocycles. The van der Waals surface area contributed by atoms with Gasteiger partial charge < -0.3 is 5.32 Å². The molecule has 0 atom stereocenters. The van der Waals surface area contributed by atoms with Crippen molar-refractivity contribution in [1.82, 2.24) is 4.72 Å². The van der Waals surface area contributed by atoms with Crippen LogP contribution in [0.3, 0.4) is 0 Å². The zero-order valence-electron chi connectivity index (χ0n) is 13.1. The third kappa shape index (κ3) is 3.64. The van der Waals surface area contributed by atoms with E-state index < -0.39 is 15.6 Å². The molecule has 0 aliphatic carbocycles. The fraction of sp³-hybridized carbons (Fsp3) is 0.312. The summed E-state index contributed by atoms with van der Waals surface area (Å²) in [7, 11) is -3.65. The second kappa shape index (κ2) is 5.70. The van der Waals surface area contributed by atoms with Gasteiger partial charge in [-0.2, -0.15) is 0 Å². The van der Waals surface area contributed by atoms with E-state index in [2.05, 4.69) is 10.0 Å². The average Bonchev–Trinajstić information content (AvgIpc) is 2.35. The summed E-state index contributed by atoms with van der Waals surface area (Å²) < 4.78 is 27.8. The summed E-state index contributed by atoms with van der Waals surface area (Å²) in [6.07, 6.45) is 0. The lowest BCUT2D eigenvalue weighted by atomic mass is 10.1. The number of hydrogen-bond acceptors (Lipinski definition) is 3. The summed E-state index contributed by atoms with van der Waals surface area (Å²) in [5.41, 5.74) is 0.0220. The number of sulfonamides is 1. The van der Waals surface area contributed by atoms with E-state index in [9.17, 15) is 13.2 Å². The Morgan fingerprint density at radius 3 is 2.18 bits per heavy atom. The van der Waals surface area contributed by atoms with E-state index in [0.29, 0.717) is 16.5 Å². The van der Waals surface area contributed by atoms with E-state index in [0.717, 1.165) is 0 Å². The molecule has 0 saturated carbocycles. The highest BCUT2D eigenvalue weighted by atomic mass is 32.2. The molecular formula is C16H20N2O3S. The lowest BCUT2D eigenvalue weighted by molar-refractivity contribution is -0.114. The third-order valence-electron chi connectivity index (χ3n) is 2.92. The lowest BCUT2D eigenvalue weighted by Gasteiger charge is -2.21. The van der Waals surface area contributed by atoms with Crippen molar-refractivity contribution < 1.29 is 13.2 Å². The minimum Gasteiger partial charge on any atom is -0.326 e. The zero-order valence-corrected chi connectivity index (χ0v) is 13.9. The molecule has 22 heavy (non-hydrogen) atoms. The van der Waals surface area contributed by atoms with Crippen molar-refractivity contribution >= 4 is 32.4 Å². The van der Waals surface area contributed by atoms with Crippen molar-refractivity contribution in [3.63, 3.8) is 0 Å².